The molecule has 1 aromatic rings. The summed E-state index contributed by atoms with van der Waals surface area (Å²) >= 11 is 0. The maximum Gasteiger partial charge on any atom is 0.338 e. The Morgan fingerprint density at radius 3 is 2.88 bits per heavy atom. The average molecular weight is 238 g/mol. The molecule has 92 valence electrons. The molecule has 2 N–H and O–H groups in total. The molecule has 1 amide bonds. The van der Waals surface area contributed by atoms with Crippen molar-refractivity contribution in [3.05, 3.63) is 23.7 Å². The number of carbonyl (C=O) groups is 2. The van der Waals surface area contributed by atoms with Gasteiger partial charge in [-0.25, -0.2) is 4.79 Å². The van der Waals surface area contributed by atoms with Crippen LogP contribution in [0.25, 0.3) is 0 Å². The van der Waals surface area contributed by atoms with Crippen LogP contribution in [-0.4, -0.2) is 48.1 Å². The first-order valence-corrected chi connectivity index (χ1v) is 5.50. The van der Waals surface area contributed by atoms with Gasteiger partial charge < -0.3 is 19.7 Å². The summed E-state index contributed by atoms with van der Waals surface area (Å²) in [6.07, 6.45) is 1.98. The SMILES string of the molecule is O=C(O)c1coc(C(=O)N2CCCNCC2)c1. The average Bonchev–Trinajstić information content (AvgIpc) is 2.65. The Morgan fingerprint density at radius 2 is 2.18 bits per heavy atom. The lowest BCUT2D eigenvalue weighted by atomic mass is 10.3. The van der Waals surface area contributed by atoms with E-state index in [1.807, 2.05) is 0 Å². The van der Waals surface area contributed by atoms with Crippen molar-refractivity contribution in [1.82, 2.24) is 10.2 Å². The highest BCUT2D eigenvalue weighted by molar-refractivity contribution is 5.95. The minimum atomic E-state index is -1.09. The van der Waals surface area contributed by atoms with Gasteiger partial charge in [-0.3, -0.25) is 4.79 Å². The summed E-state index contributed by atoms with van der Waals surface area (Å²) in [7, 11) is 0. The fourth-order valence-electron chi connectivity index (χ4n) is 1.77. The summed E-state index contributed by atoms with van der Waals surface area (Å²) in [5.41, 5.74) is 0.00120. The smallest absolute Gasteiger partial charge is 0.338 e. The molecular formula is C11H14N2O4. The monoisotopic (exact) mass is 238 g/mol. The summed E-state index contributed by atoms with van der Waals surface area (Å²) in [4.78, 5) is 24.3. The molecule has 0 atom stereocenters. The normalized spacial score (nSPS) is 16.6. The summed E-state index contributed by atoms with van der Waals surface area (Å²) in [6, 6.07) is 1.27. The second-order valence-corrected chi connectivity index (χ2v) is 3.90. The lowest BCUT2D eigenvalue weighted by Gasteiger charge is -2.18. The number of nitrogens with zero attached hydrogens (tertiary/aromatic N) is 1. The van der Waals surface area contributed by atoms with Crippen LogP contribution in [0.15, 0.2) is 16.7 Å². The van der Waals surface area contributed by atoms with E-state index >= 15 is 0 Å². The van der Waals surface area contributed by atoms with E-state index in [1.54, 1.807) is 4.90 Å². The largest absolute Gasteiger partial charge is 0.478 e. The molecule has 1 aliphatic heterocycles. The van der Waals surface area contributed by atoms with Gasteiger partial charge in [-0.2, -0.15) is 0 Å². The van der Waals surface area contributed by atoms with Gasteiger partial charge in [-0.15, -0.1) is 0 Å². The number of carboxylic acids is 1. The van der Waals surface area contributed by atoms with Gasteiger partial charge >= 0.3 is 5.97 Å². The number of furan rings is 1. The van der Waals surface area contributed by atoms with Gasteiger partial charge in [0, 0.05) is 25.7 Å². The Morgan fingerprint density at radius 1 is 1.35 bits per heavy atom. The summed E-state index contributed by atoms with van der Waals surface area (Å²) in [5.74, 6) is -1.25. The minimum absolute atomic E-state index is 0.00120. The highest BCUT2D eigenvalue weighted by atomic mass is 16.4. The molecule has 0 aromatic carbocycles. The molecule has 0 saturated carbocycles. The number of amides is 1. The van der Waals surface area contributed by atoms with E-state index in [2.05, 4.69) is 5.32 Å². The van der Waals surface area contributed by atoms with Crippen molar-refractivity contribution >= 4 is 11.9 Å². The molecule has 0 radical (unpaired) electrons. The van der Waals surface area contributed by atoms with Crippen molar-refractivity contribution in [2.24, 2.45) is 0 Å². The lowest BCUT2D eigenvalue weighted by Crippen LogP contribution is -2.33. The minimum Gasteiger partial charge on any atom is -0.478 e. The number of hydrogen-bond donors (Lipinski definition) is 2. The fraction of sp³-hybridized carbons (Fsp3) is 0.455. The van der Waals surface area contributed by atoms with E-state index in [0.29, 0.717) is 13.1 Å². The van der Waals surface area contributed by atoms with Gasteiger partial charge in [0.2, 0.25) is 0 Å². The standard InChI is InChI=1S/C11H14N2O4/c14-10(13-4-1-2-12-3-5-13)9-6-8(7-17-9)11(15)16/h6-7,12H,1-5H2,(H,15,16). The van der Waals surface area contributed by atoms with Crippen LogP contribution in [0.4, 0.5) is 0 Å². The molecule has 0 spiro atoms. The quantitative estimate of drug-likeness (QED) is 0.780. The highest BCUT2D eigenvalue weighted by Crippen LogP contribution is 2.11. The van der Waals surface area contributed by atoms with Gasteiger partial charge in [0.15, 0.2) is 5.76 Å². The predicted molar refractivity (Wildman–Crippen MR) is 59.1 cm³/mol. The Balaban J connectivity index is 2.09. The van der Waals surface area contributed by atoms with E-state index in [-0.39, 0.29) is 17.2 Å². The van der Waals surface area contributed by atoms with Gasteiger partial charge in [0.05, 0.1) is 5.56 Å². The zero-order valence-electron chi connectivity index (χ0n) is 9.31. The van der Waals surface area contributed by atoms with Crippen molar-refractivity contribution in [1.29, 1.82) is 0 Å². The van der Waals surface area contributed by atoms with Crippen molar-refractivity contribution in [2.45, 2.75) is 6.42 Å². The zero-order valence-corrected chi connectivity index (χ0v) is 9.31. The van der Waals surface area contributed by atoms with E-state index in [9.17, 15) is 9.59 Å². The maximum atomic E-state index is 12.0. The highest BCUT2D eigenvalue weighted by Gasteiger charge is 2.21. The van der Waals surface area contributed by atoms with Crippen molar-refractivity contribution < 1.29 is 19.1 Å². The second kappa shape index (κ2) is 5.01. The predicted octanol–water partition coefficient (Wildman–Crippen LogP) is 0.413. The summed E-state index contributed by atoms with van der Waals surface area (Å²) in [6.45, 7) is 2.91. The fourth-order valence-corrected chi connectivity index (χ4v) is 1.77. The summed E-state index contributed by atoms with van der Waals surface area (Å²) < 4.78 is 4.99. The third kappa shape index (κ3) is 2.65. The van der Waals surface area contributed by atoms with Crippen LogP contribution in [0.3, 0.4) is 0 Å². The molecule has 1 fully saturated rings. The molecule has 2 rings (SSSR count). The van der Waals surface area contributed by atoms with Gasteiger partial charge in [-0.05, 0) is 13.0 Å². The molecule has 1 aliphatic rings. The Hall–Kier alpha value is -1.82. The molecule has 2 heterocycles. The van der Waals surface area contributed by atoms with Crippen LogP contribution in [0, 0.1) is 0 Å². The first kappa shape index (κ1) is 11.7. The molecular weight excluding hydrogens is 224 g/mol. The van der Waals surface area contributed by atoms with Crippen LogP contribution in [0.5, 0.6) is 0 Å². The molecule has 17 heavy (non-hydrogen) atoms. The number of rotatable bonds is 2. The van der Waals surface area contributed by atoms with Gasteiger partial charge in [0.1, 0.15) is 6.26 Å². The molecule has 1 saturated heterocycles. The lowest BCUT2D eigenvalue weighted by molar-refractivity contribution is 0.0694. The van der Waals surface area contributed by atoms with Crippen LogP contribution < -0.4 is 5.32 Å². The van der Waals surface area contributed by atoms with E-state index < -0.39 is 5.97 Å². The third-order valence-electron chi connectivity index (χ3n) is 2.68. The first-order chi connectivity index (χ1) is 8.18. The summed E-state index contributed by atoms with van der Waals surface area (Å²) in [5, 5.41) is 11.9. The van der Waals surface area contributed by atoms with Crippen LogP contribution in [-0.2, 0) is 0 Å². The Labute approximate surface area is 98.2 Å². The molecule has 0 bridgehead atoms. The number of nitrogens with one attached hydrogen (secondary N) is 1. The number of aromatic carboxylic acids is 1. The van der Waals surface area contributed by atoms with Crippen molar-refractivity contribution in [3.8, 4) is 0 Å². The topological polar surface area (TPSA) is 82.8 Å². The molecule has 6 nitrogen and oxygen atoms in total. The van der Waals surface area contributed by atoms with Crippen LogP contribution in [0.1, 0.15) is 27.3 Å². The molecule has 0 aliphatic carbocycles. The molecule has 0 unspecified atom stereocenters. The van der Waals surface area contributed by atoms with Crippen LogP contribution in [0.2, 0.25) is 0 Å². The Bertz CT molecular complexity index is 419. The number of carboxylic acid groups (broad SMARTS) is 1. The van der Waals surface area contributed by atoms with Crippen LogP contribution >= 0.6 is 0 Å². The van der Waals surface area contributed by atoms with Gasteiger partial charge in [-0.1, -0.05) is 0 Å². The van der Waals surface area contributed by atoms with Gasteiger partial charge in [0.25, 0.3) is 5.91 Å². The Kier molecular flexibility index (Phi) is 3.43. The number of carbonyl (C=O) groups excluding carboxylic acids is 1. The van der Waals surface area contributed by atoms with Crippen molar-refractivity contribution in [3.63, 3.8) is 0 Å². The first-order valence-electron chi connectivity index (χ1n) is 5.50. The third-order valence-corrected chi connectivity index (χ3v) is 2.68. The second-order valence-electron chi connectivity index (χ2n) is 3.90. The van der Waals surface area contributed by atoms with E-state index in [4.69, 9.17) is 9.52 Å². The molecule has 1 aromatic heterocycles. The maximum absolute atomic E-state index is 12.0. The molecule has 6 heteroatoms. The van der Waals surface area contributed by atoms with E-state index in [0.717, 1.165) is 25.8 Å². The number of hydrogen-bond acceptors (Lipinski definition) is 4. The van der Waals surface area contributed by atoms with Crippen molar-refractivity contribution in [2.75, 3.05) is 26.2 Å². The zero-order chi connectivity index (χ0) is 12.3. The van der Waals surface area contributed by atoms with E-state index in [1.165, 1.54) is 6.07 Å².